The van der Waals surface area contributed by atoms with E-state index in [0.717, 1.165) is 10.2 Å². The Hall–Kier alpha value is -4.25. The van der Waals surface area contributed by atoms with Gasteiger partial charge in [-0.05, 0) is 36.8 Å². The highest BCUT2D eigenvalue weighted by Crippen LogP contribution is 2.15. The van der Waals surface area contributed by atoms with E-state index in [1.807, 2.05) is 36.4 Å². The van der Waals surface area contributed by atoms with E-state index in [-0.39, 0.29) is 16.8 Å². The van der Waals surface area contributed by atoms with Crippen molar-refractivity contribution in [3.8, 4) is 17.5 Å². The molecule has 144 valence electrons. The summed E-state index contributed by atoms with van der Waals surface area (Å²) in [4.78, 5) is 25.2. The Kier molecular flexibility index (Phi) is 5.80. The van der Waals surface area contributed by atoms with Crippen LogP contribution in [0.1, 0.15) is 27.2 Å². The molecular formula is C21H17N5O3. The van der Waals surface area contributed by atoms with Crippen LogP contribution in [0.4, 0.5) is 0 Å². The number of amides is 1. The zero-order chi connectivity index (χ0) is 20.8. The van der Waals surface area contributed by atoms with Gasteiger partial charge < -0.3 is 4.74 Å². The molecule has 0 aliphatic carbocycles. The molecule has 1 aromatic heterocycles. The Morgan fingerprint density at radius 2 is 1.90 bits per heavy atom. The number of nitriles is 1. The molecule has 3 aromatic rings. The van der Waals surface area contributed by atoms with Crippen LogP contribution in [0.2, 0.25) is 0 Å². The van der Waals surface area contributed by atoms with Crippen molar-refractivity contribution >= 4 is 12.1 Å². The third kappa shape index (κ3) is 4.20. The summed E-state index contributed by atoms with van der Waals surface area (Å²) < 4.78 is 6.12. The van der Waals surface area contributed by atoms with Crippen molar-refractivity contribution in [1.82, 2.24) is 15.2 Å². The predicted octanol–water partition coefficient (Wildman–Crippen LogP) is 2.19. The van der Waals surface area contributed by atoms with Crippen LogP contribution in [-0.2, 0) is 0 Å². The largest absolute Gasteiger partial charge is 0.497 e. The number of ether oxygens (including phenoxy) is 1. The summed E-state index contributed by atoms with van der Waals surface area (Å²) in [6.07, 6.45) is 1.48. The molecule has 2 aromatic carbocycles. The van der Waals surface area contributed by atoms with Gasteiger partial charge in [-0.15, -0.1) is 0 Å². The molecule has 0 aliphatic heterocycles. The van der Waals surface area contributed by atoms with Gasteiger partial charge in [0.1, 0.15) is 17.4 Å². The molecule has 8 heteroatoms. The number of benzene rings is 2. The predicted molar refractivity (Wildman–Crippen MR) is 107 cm³/mol. The van der Waals surface area contributed by atoms with Crippen LogP contribution < -0.4 is 15.7 Å². The summed E-state index contributed by atoms with van der Waals surface area (Å²) in [6, 6.07) is 17.6. The van der Waals surface area contributed by atoms with Gasteiger partial charge >= 0.3 is 0 Å². The first-order valence-electron chi connectivity index (χ1n) is 8.62. The van der Waals surface area contributed by atoms with Crippen molar-refractivity contribution in [1.29, 1.82) is 5.26 Å². The Bertz CT molecular complexity index is 1160. The molecule has 8 nitrogen and oxygen atoms in total. The number of hydrazone groups is 1. The van der Waals surface area contributed by atoms with Crippen molar-refractivity contribution in [2.24, 2.45) is 5.10 Å². The van der Waals surface area contributed by atoms with E-state index in [2.05, 4.69) is 15.6 Å². The van der Waals surface area contributed by atoms with E-state index in [0.29, 0.717) is 11.4 Å². The van der Waals surface area contributed by atoms with Gasteiger partial charge in [-0.1, -0.05) is 30.3 Å². The Labute approximate surface area is 166 Å². The second-order valence-corrected chi connectivity index (χ2v) is 5.99. The van der Waals surface area contributed by atoms with E-state index in [1.54, 1.807) is 24.3 Å². The maximum atomic E-state index is 12.6. The minimum absolute atomic E-state index is 0.0674. The minimum Gasteiger partial charge on any atom is -0.497 e. The topological polar surface area (TPSA) is 109 Å². The van der Waals surface area contributed by atoms with Gasteiger partial charge in [0.05, 0.1) is 19.0 Å². The lowest BCUT2D eigenvalue weighted by atomic mass is 10.1. The van der Waals surface area contributed by atoms with Crippen molar-refractivity contribution in [3.05, 3.63) is 87.3 Å². The molecule has 0 spiro atoms. The van der Waals surface area contributed by atoms with Crippen LogP contribution in [-0.4, -0.2) is 29.0 Å². The summed E-state index contributed by atoms with van der Waals surface area (Å²) >= 11 is 0. The van der Waals surface area contributed by atoms with Crippen LogP contribution >= 0.6 is 0 Å². The van der Waals surface area contributed by atoms with Gasteiger partial charge in [0.25, 0.3) is 11.5 Å². The number of methoxy groups -OCH3 is 1. The molecule has 29 heavy (non-hydrogen) atoms. The zero-order valence-corrected chi connectivity index (χ0v) is 15.8. The van der Waals surface area contributed by atoms with Crippen LogP contribution in [0, 0.1) is 18.3 Å². The molecule has 3 rings (SSSR count). The van der Waals surface area contributed by atoms with Gasteiger partial charge in [-0.25, -0.2) is 5.43 Å². The lowest BCUT2D eigenvalue weighted by Gasteiger charge is -2.11. The number of rotatable bonds is 5. The molecule has 0 bridgehead atoms. The SMILES string of the molecule is COc1ccc(-n2nc(C(=O)N/N=C/c3ccccc3)c(C)c(C#N)c2=O)cc1. The van der Waals surface area contributed by atoms with E-state index < -0.39 is 11.5 Å². The smallest absolute Gasteiger partial charge is 0.292 e. The van der Waals surface area contributed by atoms with Crippen molar-refractivity contribution in [2.45, 2.75) is 6.92 Å². The quantitative estimate of drug-likeness (QED) is 0.533. The van der Waals surface area contributed by atoms with Crippen LogP contribution in [0.15, 0.2) is 64.5 Å². The summed E-state index contributed by atoms with van der Waals surface area (Å²) in [5.41, 5.74) is 2.93. The fourth-order valence-corrected chi connectivity index (χ4v) is 2.61. The van der Waals surface area contributed by atoms with E-state index >= 15 is 0 Å². The number of hydrogen-bond donors (Lipinski definition) is 1. The molecule has 1 heterocycles. The molecule has 0 unspecified atom stereocenters. The lowest BCUT2D eigenvalue weighted by Crippen LogP contribution is -2.31. The van der Waals surface area contributed by atoms with E-state index in [4.69, 9.17) is 4.74 Å². The molecule has 0 saturated carbocycles. The first kappa shape index (κ1) is 19.5. The van der Waals surface area contributed by atoms with Crippen molar-refractivity contribution < 1.29 is 9.53 Å². The van der Waals surface area contributed by atoms with Crippen LogP contribution in [0.25, 0.3) is 5.69 Å². The van der Waals surface area contributed by atoms with Gasteiger partial charge in [0, 0.05) is 5.56 Å². The maximum Gasteiger partial charge on any atom is 0.292 e. The molecule has 1 N–H and O–H groups in total. The highest BCUT2D eigenvalue weighted by atomic mass is 16.5. The maximum absolute atomic E-state index is 12.6. The second kappa shape index (κ2) is 8.63. The number of nitrogens with one attached hydrogen (secondary N) is 1. The molecule has 0 fully saturated rings. The average molecular weight is 387 g/mol. The summed E-state index contributed by atoms with van der Waals surface area (Å²) in [5.74, 6) is -0.0314. The third-order valence-corrected chi connectivity index (χ3v) is 4.16. The summed E-state index contributed by atoms with van der Waals surface area (Å²) in [6.45, 7) is 1.50. The zero-order valence-electron chi connectivity index (χ0n) is 15.8. The van der Waals surface area contributed by atoms with Crippen molar-refractivity contribution in [2.75, 3.05) is 7.11 Å². The first-order chi connectivity index (χ1) is 14.0. The monoisotopic (exact) mass is 387 g/mol. The van der Waals surface area contributed by atoms with Gasteiger partial charge in [0.15, 0.2) is 5.69 Å². The first-order valence-corrected chi connectivity index (χ1v) is 8.62. The molecule has 1 amide bonds. The van der Waals surface area contributed by atoms with Gasteiger partial charge in [0.2, 0.25) is 0 Å². The average Bonchev–Trinajstić information content (AvgIpc) is 2.75. The third-order valence-electron chi connectivity index (χ3n) is 4.16. The molecule has 0 radical (unpaired) electrons. The minimum atomic E-state index is -0.631. The lowest BCUT2D eigenvalue weighted by molar-refractivity contribution is 0.0947. The summed E-state index contributed by atoms with van der Waals surface area (Å²) in [5, 5.41) is 17.5. The highest BCUT2D eigenvalue weighted by Gasteiger charge is 2.20. The molecule has 0 saturated heterocycles. The standard InChI is InChI=1S/C21H17N5O3/c1-14-18(12-22)21(28)26(16-8-10-17(29-2)11-9-16)25-19(14)20(27)24-23-13-15-6-4-3-5-7-15/h3-11,13H,1-2H3,(H,24,27)/b23-13+. The number of carbonyl (C=O) groups is 1. The fourth-order valence-electron chi connectivity index (χ4n) is 2.61. The van der Waals surface area contributed by atoms with Gasteiger partial charge in [-0.2, -0.15) is 20.1 Å². The van der Waals surface area contributed by atoms with E-state index in [9.17, 15) is 14.9 Å². The number of hydrogen-bond acceptors (Lipinski definition) is 6. The Balaban J connectivity index is 1.97. The molecule has 0 aliphatic rings. The number of aromatic nitrogens is 2. The van der Waals surface area contributed by atoms with Crippen LogP contribution in [0.3, 0.4) is 0 Å². The summed E-state index contributed by atoms with van der Waals surface area (Å²) in [7, 11) is 1.53. The normalized spacial score (nSPS) is 10.5. The molecular weight excluding hydrogens is 370 g/mol. The molecule has 0 atom stereocenters. The van der Waals surface area contributed by atoms with Gasteiger partial charge in [-0.3, -0.25) is 9.59 Å². The second-order valence-electron chi connectivity index (χ2n) is 5.99. The van der Waals surface area contributed by atoms with E-state index in [1.165, 1.54) is 20.2 Å². The number of nitrogens with zero attached hydrogens (tertiary/aromatic N) is 4. The van der Waals surface area contributed by atoms with Crippen LogP contribution in [0.5, 0.6) is 5.75 Å². The Morgan fingerprint density at radius 3 is 2.52 bits per heavy atom. The Morgan fingerprint density at radius 1 is 1.21 bits per heavy atom. The van der Waals surface area contributed by atoms with Crippen molar-refractivity contribution in [3.63, 3.8) is 0 Å². The number of carbonyl (C=O) groups excluding carboxylic acids is 1. The highest BCUT2D eigenvalue weighted by molar-refractivity contribution is 5.94. The fraction of sp³-hybridized carbons (Fsp3) is 0.0952.